The Morgan fingerprint density at radius 3 is 2.65 bits per heavy atom. The molecule has 1 aromatic heterocycles. The minimum Gasteiger partial charge on any atom is -0.480 e. The maximum absolute atomic E-state index is 10.8. The van der Waals surface area contributed by atoms with Crippen molar-refractivity contribution in [2.75, 3.05) is 13.1 Å². The molecule has 96 valence electrons. The number of rotatable bonds is 6. The van der Waals surface area contributed by atoms with E-state index in [4.69, 9.17) is 28.3 Å². The number of halogens is 2. The molecule has 1 N–H and O–H groups in total. The molecule has 0 radical (unpaired) electrons. The van der Waals surface area contributed by atoms with Crippen molar-refractivity contribution >= 4 is 40.5 Å². The van der Waals surface area contributed by atoms with Crippen molar-refractivity contribution in [2.24, 2.45) is 0 Å². The van der Waals surface area contributed by atoms with Gasteiger partial charge in [0.1, 0.15) is 0 Å². The van der Waals surface area contributed by atoms with Crippen molar-refractivity contribution in [3.8, 4) is 0 Å². The van der Waals surface area contributed by atoms with Gasteiger partial charge >= 0.3 is 5.97 Å². The Labute approximate surface area is 115 Å². The highest BCUT2D eigenvalue weighted by Crippen LogP contribution is 2.36. The molecule has 1 aromatic rings. The van der Waals surface area contributed by atoms with Crippen molar-refractivity contribution < 1.29 is 9.90 Å². The van der Waals surface area contributed by atoms with Crippen LogP contribution in [0.2, 0.25) is 8.67 Å². The first-order valence-electron chi connectivity index (χ1n) is 5.36. The Kier molecular flexibility index (Phi) is 5.73. The zero-order valence-electron chi connectivity index (χ0n) is 9.74. The van der Waals surface area contributed by atoms with Crippen LogP contribution in [0.25, 0.3) is 0 Å². The molecule has 0 spiro atoms. The van der Waals surface area contributed by atoms with E-state index in [0.717, 1.165) is 18.5 Å². The minimum absolute atomic E-state index is 0.0127. The van der Waals surface area contributed by atoms with Crippen LogP contribution in [0.1, 0.15) is 31.9 Å². The van der Waals surface area contributed by atoms with E-state index in [1.54, 1.807) is 0 Å². The number of hydrogen-bond donors (Lipinski definition) is 1. The van der Waals surface area contributed by atoms with Gasteiger partial charge in [-0.25, -0.2) is 0 Å². The first kappa shape index (κ1) is 14.8. The number of aliphatic carboxylic acids is 1. The maximum atomic E-state index is 10.8. The lowest BCUT2D eigenvalue weighted by Gasteiger charge is -2.26. The molecule has 0 amide bonds. The molecule has 0 saturated carbocycles. The van der Waals surface area contributed by atoms with Gasteiger partial charge in [-0.2, -0.15) is 0 Å². The zero-order chi connectivity index (χ0) is 13.0. The van der Waals surface area contributed by atoms with Crippen LogP contribution in [0.4, 0.5) is 0 Å². The fourth-order valence-electron chi connectivity index (χ4n) is 1.71. The number of nitrogens with zero attached hydrogens (tertiary/aromatic N) is 1. The molecule has 0 fully saturated rings. The average molecular weight is 296 g/mol. The van der Waals surface area contributed by atoms with Gasteiger partial charge in [0, 0.05) is 11.6 Å². The molecule has 0 aliphatic rings. The Morgan fingerprint density at radius 2 is 2.24 bits per heavy atom. The van der Waals surface area contributed by atoms with Crippen LogP contribution in [-0.2, 0) is 4.79 Å². The molecular formula is C11H15Cl2NO2S. The lowest BCUT2D eigenvalue weighted by molar-refractivity contribution is -0.138. The van der Waals surface area contributed by atoms with Crippen LogP contribution >= 0.6 is 34.5 Å². The first-order chi connectivity index (χ1) is 7.95. The van der Waals surface area contributed by atoms with E-state index in [1.807, 2.05) is 24.8 Å². The molecule has 17 heavy (non-hydrogen) atoms. The SMILES string of the molecule is CCCN(CC(=O)O)C(C)c1cc(Cl)sc1Cl. The Morgan fingerprint density at radius 1 is 1.59 bits per heavy atom. The summed E-state index contributed by atoms with van der Waals surface area (Å²) in [6.07, 6.45) is 0.896. The summed E-state index contributed by atoms with van der Waals surface area (Å²) in [4.78, 5) is 12.7. The van der Waals surface area contributed by atoms with Crippen molar-refractivity contribution in [3.63, 3.8) is 0 Å². The van der Waals surface area contributed by atoms with Gasteiger partial charge in [0.05, 0.1) is 15.2 Å². The molecular weight excluding hydrogens is 281 g/mol. The molecule has 6 heteroatoms. The summed E-state index contributed by atoms with van der Waals surface area (Å²) in [5.41, 5.74) is 0.899. The van der Waals surface area contributed by atoms with Crippen LogP contribution in [0.5, 0.6) is 0 Å². The highest BCUT2D eigenvalue weighted by molar-refractivity contribution is 7.20. The number of carboxylic acids is 1. The van der Waals surface area contributed by atoms with Crippen LogP contribution < -0.4 is 0 Å². The number of carboxylic acid groups (broad SMARTS) is 1. The highest BCUT2D eigenvalue weighted by Gasteiger charge is 2.21. The topological polar surface area (TPSA) is 40.5 Å². The normalized spacial score (nSPS) is 13.0. The zero-order valence-corrected chi connectivity index (χ0v) is 12.1. The summed E-state index contributed by atoms with van der Waals surface area (Å²) in [5, 5.41) is 8.88. The van der Waals surface area contributed by atoms with Crippen molar-refractivity contribution in [2.45, 2.75) is 26.3 Å². The van der Waals surface area contributed by atoms with Gasteiger partial charge in [-0.15, -0.1) is 11.3 Å². The lowest BCUT2D eigenvalue weighted by atomic mass is 10.1. The summed E-state index contributed by atoms with van der Waals surface area (Å²) < 4.78 is 1.26. The molecule has 1 rings (SSSR count). The fourth-order valence-corrected chi connectivity index (χ4v) is 3.34. The third-order valence-electron chi connectivity index (χ3n) is 2.53. The van der Waals surface area contributed by atoms with Gasteiger partial charge in [0.15, 0.2) is 0 Å². The summed E-state index contributed by atoms with van der Waals surface area (Å²) in [6.45, 7) is 4.70. The average Bonchev–Trinajstić information content (AvgIpc) is 2.55. The third kappa shape index (κ3) is 4.14. The molecule has 0 saturated heterocycles. The van der Waals surface area contributed by atoms with Crippen LogP contribution in [0.3, 0.4) is 0 Å². The van der Waals surface area contributed by atoms with E-state index in [1.165, 1.54) is 11.3 Å². The molecule has 1 heterocycles. The van der Waals surface area contributed by atoms with Crippen molar-refractivity contribution in [1.29, 1.82) is 0 Å². The Balaban J connectivity index is 2.86. The van der Waals surface area contributed by atoms with E-state index < -0.39 is 5.97 Å². The lowest BCUT2D eigenvalue weighted by Crippen LogP contribution is -2.33. The van der Waals surface area contributed by atoms with Gasteiger partial charge in [-0.05, 0) is 26.0 Å². The largest absolute Gasteiger partial charge is 0.480 e. The standard InChI is InChI=1S/C11H15Cl2NO2S/c1-3-4-14(6-10(15)16)7(2)8-5-9(12)17-11(8)13/h5,7H,3-4,6H2,1-2H3,(H,15,16). The Bertz CT molecular complexity index is 395. The van der Waals surface area contributed by atoms with Crippen molar-refractivity contribution in [1.82, 2.24) is 4.90 Å². The molecule has 0 aliphatic heterocycles. The number of thiophene rings is 1. The minimum atomic E-state index is -0.831. The molecule has 0 bridgehead atoms. The third-order valence-corrected chi connectivity index (χ3v) is 4.05. The van der Waals surface area contributed by atoms with Crippen LogP contribution in [0.15, 0.2) is 6.07 Å². The van der Waals surface area contributed by atoms with Gasteiger partial charge in [0.2, 0.25) is 0 Å². The van der Waals surface area contributed by atoms with Gasteiger partial charge < -0.3 is 5.11 Å². The second-order valence-corrected chi connectivity index (χ2v) is 6.11. The smallest absolute Gasteiger partial charge is 0.317 e. The van der Waals surface area contributed by atoms with E-state index in [0.29, 0.717) is 8.67 Å². The van der Waals surface area contributed by atoms with Gasteiger partial charge in [-0.1, -0.05) is 30.1 Å². The first-order valence-corrected chi connectivity index (χ1v) is 6.93. The predicted octanol–water partition coefficient (Wildman–Crippen LogP) is 3.91. The van der Waals surface area contributed by atoms with Crippen molar-refractivity contribution in [3.05, 3.63) is 20.3 Å². The van der Waals surface area contributed by atoms with Crippen LogP contribution in [-0.4, -0.2) is 29.1 Å². The summed E-state index contributed by atoms with van der Waals surface area (Å²) in [7, 11) is 0. The summed E-state index contributed by atoms with van der Waals surface area (Å²) in [5.74, 6) is -0.831. The molecule has 1 unspecified atom stereocenters. The summed E-state index contributed by atoms with van der Waals surface area (Å²) in [6, 6.07) is 1.77. The molecule has 1 atom stereocenters. The number of hydrogen-bond acceptors (Lipinski definition) is 3. The van der Waals surface area contributed by atoms with E-state index in [9.17, 15) is 4.79 Å². The quantitative estimate of drug-likeness (QED) is 0.865. The van der Waals surface area contributed by atoms with E-state index in [2.05, 4.69) is 0 Å². The fraction of sp³-hybridized carbons (Fsp3) is 0.545. The monoisotopic (exact) mass is 295 g/mol. The van der Waals surface area contributed by atoms with Gasteiger partial charge in [0.25, 0.3) is 0 Å². The van der Waals surface area contributed by atoms with Gasteiger partial charge in [-0.3, -0.25) is 9.69 Å². The molecule has 0 aromatic carbocycles. The van der Waals surface area contributed by atoms with Crippen LogP contribution in [0, 0.1) is 0 Å². The second kappa shape index (κ2) is 6.59. The highest BCUT2D eigenvalue weighted by atomic mass is 35.5. The maximum Gasteiger partial charge on any atom is 0.317 e. The number of carbonyl (C=O) groups is 1. The predicted molar refractivity (Wildman–Crippen MR) is 72.3 cm³/mol. The van der Waals surface area contributed by atoms with E-state index in [-0.39, 0.29) is 12.6 Å². The summed E-state index contributed by atoms with van der Waals surface area (Å²) >= 11 is 13.3. The molecule has 3 nitrogen and oxygen atoms in total. The van der Waals surface area contributed by atoms with E-state index >= 15 is 0 Å². The molecule has 0 aliphatic carbocycles. The second-order valence-electron chi connectivity index (χ2n) is 3.82. The Hall–Kier alpha value is -0.290.